The Morgan fingerprint density at radius 1 is 1.16 bits per heavy atom. The monoisotopic (exact) mass is 347 g/mol. The maximum atomic E-state index is 12.1. The number of rotatable bonds is 5. The van der Waals surface area contributed by atoms with Crippen LogP contribution in [-0.2, 0) is 14.3 Å². The average Bonchev–Trinajstić information content (AvgIpc) is 2.58. The molecule has 0 aliphatic carbocycles. The summed E-state index contributed by atoms with van der Waals surface area (Å²) < 4.78 is 10.0. The van der Waals surface area contributed by atoms with Gasteiger partial charge in [0.05, 0.1) is 7.11 Å². The second-order valence-corrected chi connectivity index (χ2v) is 6.02. The minimum absolute atomic E-state index is 0.0288. The lowest BCUT2D eigenvalue weighted by Gasteiger charge is -2.24. The van der Waals surface area contributed by atoms with E-state index in [1.165, 1.54) is 25.7 Å². The van der Waals surface area contributed by atoms with Crippen LogP contribution >= 0.6 is 0 Å². The van der Waals surface area contributed by atoms with Gasteiger partial charge < -0.3 is 19.5 Å². The summed E-state index contributed by atoms with van der Waals surface area (Å²) in [4.78, 5) is 25.7. The molecule has 1 N–H and O–H groups in total. The van der Waals surface area contributed by atoms with E-state index in [-0.39, 0.29) is 18.3 Å². The summed E-state index contributed by atoms with van der Waals surface area (Å²) in [6, 6.07) is 4.73. The van der Waals surface area contributed by atoms with Gasteiger partial charge in [-0.15, -0.1) is 0 Å². The fourth-order valence-corrected chi connectivity index (χ4v) is 2.73. The SMILES string of the molecule is COc1cc(/C=C/C(=O)OCC(=O)N2CCCCCCC2)ccc1O. The van der Waals surface area contributed by atoms with Crippen LogP contribution in [0.15, 0.2) is 24.3 Å². The number of amides is 1. The Morgan fingerprint density at radius 2 is 1.84 bits per heavy atom. The quantitative estimate of drug-likeness (QED) is 0.655. The zero-order valence-corrected chi connectivity index (χ0v) is 14.6. The second-order valence-electron chi connectivity index (χ2n) is 6.02. The van der Waals surface area contributed by atoms with E-state index in [9.17, 15) is 14.7 Å². The number of carbonyl (C=O) groups excluding carboxylic acids is 2. The van der Waals surface area contributed by atoms with E-state index in [0.29, 0.717) is 11.3 Å². The molecule has 1 fully saturated rings. The van der Waals surface area contributed by atoms with Crippen molar-refractivity contribution in [1.29, 1.82) is 0 Å². The van der Waals surface area contributed by atoms with Crippen molar-refractivity contribution in [2.75, 3.05) is 26.8 Å². The number of hydrogen-bond donors (Lipinski definition) is 1. The van der Waals surface area contributed by atoms with E-state index in [1.54, 1.807) is 23.1 Å². The summed E-state index contributed by atoms with van der Waals surface area (Å²) in [5.74, 6) is -0.369. The van der Waals surface area contributed by atoms with E-state index >= 15 is 0 Å². The molecule has 0 bridgehead atoms. The number of esters is 1. The molecule has 1 aromatic carbocycles. The smallest absolute Gasteiger partial charge is 0.331 e. The first-order valence-electron chi connectivity index (χ1n) is 8.60. The Morgan fingerprint density at radius 3 is 2.52 bits per heavy atom. The van der Waals surface area contributed by atoms with E-state index in [2.05, 4.69) is 0 Å². The number of nitrogens with zero attached hydrogens (tertiary/aromatic N) is 1. The Balaban J connectivity index is 1.82. The van der Waals surface area contributed by atoms with Gasteiger partial charge in [0.15, 0.2) is 18.1 Å². The highest BCUT2D eigenvalue weighted by Crippen LogP contribution is 2.26. The van der Waals surface area contributed by atoms with Crippen LogP contribution in [0.2, 0.25) is 0 Å². The van der Waals surface area contributed by atoms with Crippen LogP contribution in [0.25, 0.3) is 6.08 Å². The fourth-order valence-electron chi connectivity index (χ4n) is 2.73. The van der Waals surface area contributed by atoms with Crippen molar-refractivity contribution >= 4 is 18.0 Å². The van der Waals surface area contributed by atoms with Gasteiger partial charge in [0.1, 0.15) is 0 Å². The highest BCUT2D eigenvalue weighted by molar-refractivity contribution is 5.89. The molecule has 6 nitrogen and oxygen atoms in total. The third-order valence-electron chi connectivity index (χ3n) is 4.16. The van der Waals surface area contributed by atoms with Crippen molar-refractivity contribution in [3.05, 3.63) is 29.8 Å². The Labute approximate surface area is 148 Å². The largest absolute Gasteiger partial charge is 0.504 e. The van der Waals surface area contributed by atoms with Crippen LogP contribution in [0.3, 0.4) is 0 Å². The van der Waals surface area contributed by atoms with E-state index in [1.807, 2.05) is 0 Å². The summed E-state index contributed by atoms with van der Waals surface area (Å²) in [5.41, 5.74) is 0.682. The lowest BCUT2D eigenvalue weighted by molar-refractivity contribution is -0.148. The molecule has 1 heterocycles. The van der Waals surface area contributed by atoms with Crippen LogP contribution in [0.4, 0.5) is 0 Å². The number of phenols is 1. The minimum atomic E-state index is -0.576. The number of phenolic OH excluding ortho intramolecular Hbond substituents is 1. The molecule has 0 radical (unpaired) electrons. The zero-order chi connectivity index (χ0) is 18.1. The van der Waals surface area contributed by atoms with Crippen LogP contribution in [-0.4, -0.2) is 48.7 Å². The third-order valence-corrected chi connectivity index (χ3v) is 4.16. The van der Waals surface area contributed by atoms with Gasteiger partial charge in [0.2, 0.25) is 0 Å². The third kappa shape index (κ3) is 6.14. The number of hydrogen-bond acceptors (Lipinski definition) is 5. The van der Waals surface area contributed by atoms with Gasteiger partial charge >= 0.3 is 5.97 Å². The molecular formula is C19H25NO5. The standard InChI is InChI=1S/C19H25NO5/c1-24-17-13-15(7-9-16(17)21)8-10-19(23)25-14-18(22)20-11-5-3-2-4-6-12-20/h7-10,13,21H,2-6,11-12,14H2,1H3/b10-8+. The Bertz CT molecular complexity index is 618. The summed E-state index contributed by atoms with van der Waals surface area (Å²) in [5, 5.41) is 9.54. The summed E-state index contributed by atoms with van der Waals surface area (Å²) in [6.45, 7) is 1.24. The van der Waals surface area contributed by atoms with Gasteiger partial charge in [-0.3, -0.25) is 4.79 Å². The maximum absolute atomic E-state index is 12.1. The highest BCUT2D eigenvalue weighted by atomic mass is 16.5. The Hall–Kier alpha value is -2.50. The average molecular weight is 347 g/mol. The number of likely N-dealkylation sites (tertiary alicyclic amines) is 1. The van der Waals surface area contributed by atoms with Gasteiger partial charge in [-0.2, -0.15) is 0 Å². The number of ether oxygens (including phenoxy) is 2. The first-order chi connectivity index (χ1) is 12.1. The number of aromatic hydroxyl groups is 1. The zero-order valence-electron chi connectivity index (χ0n) is 14.6. The molecule has 1 aliphatic rings. The fraction of sp³-hybridized carbons (Fsp3) is 0.474. The van der Waals surface area contributed by atoms with Gasteiger partial charge in [0.25, 0.3) is 5.91 Å². The minimum Gasteiger partial charge on any atom is -0.504 e. The summed E-state index contributed by atoms with van der Waals surface area (Å²) >= 11 is 0. The van der Waals surface area contributed by atoms with Crippen LogP contribution in [0.1, 0.15) is 37.7 Å². The van der Waals surface area contributed by atoms with Crippen molar-refractivity contribution in [1.82, 2.24) is 4.90 Å². The lowest BCUT2D eigenvalue weighted by atomic mass is 10.1. The molecule has 1 amide bonds. The van der Waals surface area contributed by atoms with E-state index in [0.717, 1.165) is 38.8 Å². The van der Waals surface area contributed by atoms with E-state index in [4.69, 9.17) is 9.47 Å². The molecule has 0 spiro atoms. The van der Waals surface area contributed by atoms with Crippen molar-refractivity contribution in [3.8, 4) is 11.5 Å². The molecule has 1 saturated heterocycles. The van der Waals surface area contributed by atoms with Gasteiger partial charge in [-0.05, 0) is 36.6 Å². The number of carbonyl (C=O) groups is 2. The molecule has 2 rings (SSSR count). The topological polar surface area (TPSA) is 76.1 Å². The summed E-state index contributed by atoms with van der Waals surface area (Å²) in [7, 11) is 1.45. The van der Waals surface area contributed by atoms with Crippen LogP contribution in [0, 0.1) is 0 Å². The molecule has 0 unspecified atom stereocenters. The number of benzene rings is 1. The van der Waals surface area contributed by atoms with E-state index < -0.39 is 5.97 Å². The predicted octanol–water partition coefficient (Wildman–Crippen LogP) is 2.75. The lowest BCUT2D eigenvalue weighted by Crippen LogP contribution is -2.36. The maximum Gasteiger partial charge on any atom is 0.331 e. The highest BCUT2D eigenvalue weighted by Gasteiger charge is 2.15. The normalized spacial score (nSPS) is 15.5. The first kappa shape index (κ1) is 18.8. The van der Waals surface area contributed by atoms with Crippen LogP contribution < -0.4 is 4.74 Å². The molecule has 0 aromatic heterocycles. The molecule has 0 atom stereocenters. The van der Waals surface area contributed by atoms with Crippen molar-refractivity contribution in [3.63, 3.8) is 0 Å². The molecule has 136 valence electrons. The molecular weight excluding hydrogens is 322 g/mol. The van der Waals surface area contributed by atoms with Crippen molar-refractivity contribution < 1.29 is 24.2 Å². The van der Waals surface area contributed by atoms with Crippen molar-refractivity contribution in [2.45, 2.75) is 32.1 Å². The molecule has 0 saturated carbocycles. The van der Waals surface area contributed by atoms with Gasteiger partial charge in [-0.25, -0.2) is 4.79 Å². The van der Waals surface area contributed by atoms with Gasteiger partial charge in [0, 0.05) is 19.2 Å². The molecule has 6 heteroatoms. The second kappa shape index (κ2) is 9.71. The van der Waals surface area contributed by atoms with Crippen LogP contribution in [0.5, 0.6) is 11.5 Å². The van der Waals surface area contributed by atoms with Gasteiger partial charge in [-0.1, -0.05) is 25.3 Å². The first-order valence-corrected chi connectivity index (χ1v) is 8.60. The predicted molar refractivity (Wildman–Crippen MR) is 94.3 cm³/mol. The molecule has 1 aromatic rings. The number of methoxy groups -OCH3 is 1. The Kier molecular flexibility index (Phi) is 7.32. The van der Waals surface area contributed by atoms with Crippen molar-refractivity contribution in [2.24, 2.45) is 0 Å². The molecule has 1 aliphatic heterocycles. The molecule has 25 heavy (non-hydrogen) atoms. The summed E-state index contributed by atoms with van der Waals surface area (Å²) in [6.07, 6.45) is 8.32.